The third-order valence-electron chi connectivity index (χ3n) is 2.36. The summed E-state index contributed by atoms with van der Waals surface area (Å²) in [6.07, 6.45) is 0. The fraction of sp³-hybridized carbons (Fsp3) is 0. The molecule has 0 fully saturated rings. The highest BCUT2D eigenvalue weighted by Gasteiger charge is 2.12. The Kier molecular flexibility index (Phi) is 2.60. The highest BCUT2D eigenvalue weighted by atomic mass is 35.5. The van der Waals surface area contributed by atoms with Gasteiger partial charge in [0.25, 0.3) is 0 Å². The number of benzene rings is 1. The molecule has 0 N–H and O–H groups in total. The first-order valence-electron chi connectivity index (χ1n) is 5.18. The molecule has 3 aromatic rings. The van der Waals surface area contributed by atoms with Crippen LogP contribution in [0.2, 0.25) is 5.28 Å². The van der Waals surface area contributed by atoms with Crippen LogP contribution in [-0.2, 0) is 0 Å². The Bertz CT molecular complexity index is 699. The minimum atomic E-state index is -0.521. The lowest BCUT2D eigenvalue weighted by atomic mass is 10.3. The summed E-state index contributed by atoms with van der Waals surface area (Å²) in [5.74, 6) is 0.285. The van der Waals surface area contributed by atoms with Gasteiger partial charge in [-0.25, -0.2) is 0 Å². The van der Waals surface area contributed by atoms with Gasteiger partial charge in [0.2, 0.25) is 17.1 Å². The largest absolute Gasteiger partial charge is 0.437 e. The second kappa shape index (κ2) is 4.27. The topological polar surface area (TPSA) is 39.4 Å². The summed E-state index contributed by atoms with van der Waals surface area (Å²) in [6.45, 7) is 0. The Morgan fingerprint density at radius 2 is 1.89 bits per heavy atom. The minimum absolute atomic E-state index is 0.0801. The van der Waals surface area contributed by atoms with E-state index >= 15 is 0 Å². The van der Waals surface area contributed by atoms with Crippen molar-refractivity contribution in [2.24, 2.45) is 0 Å². The van der Waals surface area contributed by atoms with Crippen molar-refractivity contribution in [3.8, 4) is 11.6 Å². The van der Waals surface area contributed by atoms with Gasteiger partial charge in [-0.2, -0.15) is 13.9 Å². The molecule has 4 nitrogen and oxygen atoms in total. The standard InChI is InChI=1S/C12H7ClFN3O/c13-12-15-11(18-8-4-2-1-3-5-8)9-6-7-10(14)17(9)16-12/h1-7H. The summed E-state index contributed by atoms with van der Waals surface area (Å²) in [5, 5.41) is 3.67. The Balaban J connectivity index is 2.11. The number of halogens is 2. The van der Waals surface area contributed by atoms with Crippen molar-refractivity contribution in [3.63, 3.8) is 0 Å². The molecule has 2 heterocycles. The van der Waals surface area contributed by atoms with Crippen molar-refractivity contribution in [1.29, 1.82) is 0 Å². The molecule has 6 heteroatoms. The van der Waals surface area contributed by atoms with Crippen molar-refractivity contribution in [2.75, 3.05) is 0 Å². The normalized spacial score (nSPS) is 10.8. The fourth-order valence-corrected chi connectivity index (χ4v) is 1.74. The third kappa shape index (κ3) is 1.89. The zero-order chi connectivity index (χ0) is 12.5. The molecule has 3 rings (SSSR count). The Morgan fingerprint density at radius 3 is 2.67 bits per heavy atom. The number of para-hydroxylation sites is 1. The Morgan fingerprint density at radius 1 is 1.11 bits per heavy atom. The maximum absolute atomic E-state index is 13.4. The summed E-state index contributed by atoms with van der Waals surface area (Å²) in [6, 6.07) is 11.9. The van der Waals surface area contributed by atoms with E-state index in [1.807, 2.05) is 18.2 Å². The van der Waals surface area contributed by atoms with Crippen LogP contribution in [0.15, 0.2) is 42.5 Å². The summed E-state index contributed by atoms with van der Waals surface area (Å²) >= 11 is 5.73. The van der Waals surface area contributed by atoms with Gasteiger partial charge in [-0.3, -0.25) is 0 Å². The number of nitrogens with zero attached hydrogens (tertiary/aromatic N) is 3. The summed E-state index contributed by atoms with van der Waals surface area (Å²) in [4.78, 5) is 3.95. The van der Waals surface area contributed by atoms with E-state index in [2.05, 4.69) is 10.1 Å². The lowest BCUT2D eigenvalue weighted by Crippen LogP contribution is -2.00. The quantitative estimate of drug-likeness (QED) is 0.712. The van der Waals surface area contributed by atoms with E-state index in [-0.39, 0.29) is 11.2 Å². The van der Waals surface area contributed by atoms with Crippen LogP contribution in [0.1, 0.15) is 0 Å². The van der Waals surface area contributed by atoms with Gasteiger partial charge in [0.15, 0.2) is 0 Å². The van der Waals surface area contributed by atoms with Crippen molar-refractivity contribution < 1.29 is 9.13 Å². The highest BCUT2D eigenvalue weighted by molar-refractivity contribution is 6.28. The fourth-order valence-electron chi connectivity index (χ4n) is 1.59. The van der Waals surface area contributed by atoms with Crippen molar-refractivity contribution in [3.05, 3.63) is 53.7 Å². The molecule has 0 bridgehead atoms. The van der Waals surface area contributed by atoms with E-state index in [0.717, 1.165) is 4.52 Å². The maximum atomic E-state index is 13.4. The molecule has 0 spiro atoms. The average Bonchev–Trinajstić information content (AvgIpc) is 2.73. The van der Waals surface area contributed by atoms with Gasteiger partial charge in [0.1, 0.15) is 11.3 Å². The predicted octanol–water partition coefficient (Wildman–Crippen LogP) is 3.31. The molecule has 0 aliphatic carbocycles. The smallest absolute Gasteiger partial charge is 0.248 e. The van der Waals surface area contributed by atoms with Crippen molar-refractivity contribution in [2.45, 2.75) is 0 Å². The number of aromatic nitrogens is 3. The second-order valence-electron chi connectivity index (χ2n) is 3.55. The first-order valence-corrected chi connectivity index (χ1v) is 5.55. The SMILES string of the molecule is Fc1ccc2c(Oc3ccccc3)nc(Cl)nn12. The maximum Gasteiger partial charge on any atom is 0.248 e. The monoisotopic (exact) mass is 263 g/mol. The number of hydrogen-bond acceptors (Lipinski definition) is 3. The van der Waals surface area contributed by atoms with Gasteiger partial charge in [-0.15, -0.1) is 5.10 Å². The van der Waals surface area contributed by atoms with Crippen LogP contribution >= 0.6 is 11.6 Å². The molecular weight excluding hydrogens is 257 g/mol. The van der Waals surface area contributed by atoms with Crippen LogP contribution < -0.4 is 4.74 Å². The molecule has 0 amide bonds. The zero-order valence-corrected chi connectivity index (χ0v) is 9.80. The predicted molar refractivity (Wildman–Crippen MR) is 64.5 cm³/mol. The Labute approximate surface area is 107 Å². The van der Waals surface area contributed by atoms with Gasteiger partial charge in [0, 0.05) is 0 Å². The van der Waals surface area contributed by atoms with E-state index in [1.165, 1.54) is 12.1 Å². The van der Waals surface area contributed by atoms with Crippen LogP contribution in [-0.4, -0.2) is 14.6 Å². The van der Waals surface area contributed by atoms with Gasteiger partial charge in [-0.05, 0) is 35.9 Å². The Hall–Kier alpha value is -2.14. The summed E-state index contributed by atoms with van der Waals surface area (Å²) in [5.41, 5.74) is 0.417. The summed E-state index contributed by atoms with van der Waals surface area (Å²) in [7, 11) is 0. The number of rotatable bonds is 2. The van der Waals surface area contributed by atoms with E-state index in [1.54, 1.807) is 12.1 Å². The van der Waals surface area contributed by atoms with Gasteiger partial charge in [-0.1, -0.05) is 18.2 Å². The van der Waals surface area contributed by atoms with Crippen molar-refractivity contribution >= 4 is 17.1 Å². The van der Waals surface area contributed by atoms with Crippen LogP contribution in [0.3, 0.4) is 0 Å². The molecule has 1 aromatic carbocycles. The molecule has 0 aliphatic heterocycles. The van der Waals surface area contributed by atoms with Gasteiger partial charge in [0.05, 0.1) is 0 Å². The molecule has 90 valence electrons. The molecule has 0 radical (unpaired) electrons. The molecule has 0 unspecified atom stereocenters. The zero-order valence-electron chi connectivity index (χ0n) is 9.05. The van der Waals surface area contributed by atoms with Gasteiger partial charge < -0.3 is 4.74 Å². The molecule has 0 aliphatic rings. The number of ether oxygens (including phenoxy) is 1. The third-order valence-corrected chi connectivity index (χ3v) is 2.52. The number of fused-ring (bicyclic) bond motifs is 1. The van der Waals surface area contributed by atoms with Crippen LogP contribution in [0, 0.1) is 5.95 Å². The first-order chi connectivity index (χ1) is 8.74. The molecular formula is C12H7ClFN3O. The molecule has 0 atom stereocenters. The minimum Gasteiger partial charge on any atom is -0.437 e. The summed E-state index contributed by atoms with van der Waals surface area (Å²) < 4.78 is 20.0. The number of hydrogen-bond donors (Lipinski definition) is 0. The molecule has 18 heavy (non-hydrogen) atoms. The van der Waals surface area contributed by atoms with E-state index < -0.39 is 5.95 Å². The lowest BCUT2D eigenvalue weighted by molar-refractivity contribution is 0.458. The van der Waals surface area contributed by atoms with E-state index in [4.69, 9.17) is 16.3 Å². The second-order valence-corrected chi connectivity index (χ2v) is 3.89. The lowest BCUT2D eigenvalue weighted by Gasteiger charge is -2.06. The highest BCUT2D eigenvalue weighted by Crippen LogP contribution is 2.25. The van der Waals surface area contributed by atoms with Crippen LogP contribution in [0.4, 0.5) is 4.39 Å². The average molecular weight is 264 g/mol. The van der Waals surface area contributed by atoms with Crippen molar-refractivity contribution in [1.82, 2.24) is 14.6 Å². The first kappa shape index (κ1) is 11.0. The van der Waals surface area contributed by atoms with Gasteiger partial charge >= 0.3 is 0 Å². The molecule has 0 saturated heterocycles. The molecule has 2 aromatic heterocycles. The van der Waals surface area contributed by atoms with E-state index in [9.17, 15) is 4.39 Å². The van der Waals surface area contributed by atoms with Crippen LogP contribution in [0.25, 0.3) is 5.52 Å². The van der Waals surface area contributed by atoms with Crippen LogP contribution in [0.5, 0.6) is 11.6 Å². The molecule has 0 saturated carbocycles. The van der Waals surface area contributed by atoms with E-state index in [0.29, 0.717) is 11.3 Å².